The highest BCUT2D eigenvalue weighted by molar-refractivity contribution is 5.78. The quantitative estimate of drug-likeness (QED) is 0.438. The molecule has 4 N–H and O–H groups in total. The highest BCUT2D eigenvalue weighted by atomic mass is 19.4. The summed E-state index contributed by atoms with van der Waals surface area (Å²) in [6, 6.07) is 0.986. The van der Waals surface area contributed by atoms with Crippen molar-refractivity contribution in [2.45, 2.75) is 12.3 Å². The van der Waals surface area contributed by atoms with Crippen LogP contribution in [0.4, 0.5) is 17.6 Å². The zero-order chi connectivity index (χ0) is 15.5. The third-order valence-corrected chi connectivity index (χ3v) is 2.42. The van der Waals surface area contributed by atoms with E-state index in [0.717, 1.165) is 12.3 Å². The third kappa shape index (κ3) is 4.13. The number of hydrogen-bond acceptors (Lipinski definition) is 6. The monoisotopic (exact) mass is 305 g/mol. The Labute approximate surface area is 116 Å². The second-order valence-electron chi connectivity index (χ2n) is 4.03. The van der Waals surface area contributed by atoms with E-state index in [-0.39, 0.29) is 11.7 Å². The first-order valence-corrected chi connectivity index (χ1v) is 5.71. The summed E-state index contributed by atoms with van der Waals surface area (Å²) >= 11 is 0. The number of aliphatic imine (C=N–C) groups is 1. The number of ether oxygens (including phenoxy) is 1. The maximum absolute atomic E-state index is 13.6. The number of alkyl halides is 3. The molecule has 1 aromatic heterocycles. The van der Waals surface area contributed by atoms with Crippen molar-refractivity contribution < 1.29 is 22.3 Å². The summed E-state index contributed by atoms with van der Waals surface area (Å²) in [6.45, 7) is -1.61. The fourth-order valence-electron chi connectivity index (χ4n) is 1.47. The van der Waals surface area contributed by atoms with Crippen LogP contribution in [-0.2, 0) is 0 Å². The molecule has 1 unspecified atom stereocenters. The van der Waals surface area contributed by atoms with E-state index >= 15 is 0 Å². The van der Waals surface area contributed by atoms with Crippen LogP contribution in [0.3, 0.4) is 0 Å². The Morgan fingerprint density at radius 1 is 1.43 bits per heavy atom. The zero-order valence-electron chi connectivity index (χ0n) is 10.5. The predicted molar refractivity (Wildman–Crippen MR) is 66.5 cm³/mol. The Hall–Kier alpha value is -2.20. The van der Waals surface area contributed by atoms with Crippen molar-refractivity contribution >= 4 is 11.9 Å². The lowest BCUT2D eigenvalue weighted by atomic mass is 10.2. The molecule has 21 heavy (non-hydrogen) atoms. The summed E-state index contributed by atoms with van der Waals surface area (Å²) < 4.78 is 53.9. The minimum atomic E-state index is -4.56. The molecule has 2 heterocycles. The fourth-order valence-corrected chi connectivity index (χ4v) is 1.47. The van der Waals surface area contributed by atoms with E-state index in [0.29, 0.717) is 5.70 Å². The molecule has 1 aliphatic rings. The Balaban J connectivity index is 2.09. The largest absolute Gasteiger partial charge is 0.466 e. The summed E-state index contributed by atoms with van der Waals surface area (Å²) in [4.78, 5) is 7.53. The lowest BCUT2D eigenvalue weighted by Gasteiger charge is -2.16. The molecule has 0 radical (unpaired) electrons. The molecule has 0 aromatic carbocycles. The number of rotatable bonds is 4. The first kappa shape index (κ1) is 15.2. The minimum Gasteiger partial charge on any atom is -0.466 e. The second-order valence-corrected chi connectivity index (χ2v) is 4.03. The molecule has 0 fully saturated rings. The Morgan fingerprint density at radius 3 is 2.71 bits per heavy atom. The highest BCUT2D eigenvalue weighted by Gasteiger charge is 2.29. The Bertz CT molecular complexity index is 572. The number of nitrogens with two attached hydrogens (primary N) is 1. The van der Waals surface area contributed by atoms with E-state index in [9.17, 15) is 17.6 Å². The summed E-state index contributed by atoms with van der Waals surface area (Å²) in [6.07, 6.45) is -0.841. The van der Waals surface area contributed by atoms with Crippen molar-refractivity contribution in [3.8, 4) is 5.88 Å². The van der Waals surface area contributed by atoms with Crippen molar-refractivity contribution in [2.75, 3.05) is 6.61 Å². The van der Waals surface area contributed by atoms with Crippen LogP contribution in [0.1, 0.15) is 5.56 Å². The van der Waals surface area contributed by atoms with Crippen molar-refractivity contribution in [1.82, 2.24) is 15.7 Å². The van der Waals surface area contributed by atoms with Gasteiger partial charge in [-0.25, -0.2) is 14.8 Å². The van der Waals surface area contributed by atoms with Gasteiger partial charge in [0.1, 0.15) is 6.17 Å². The van der Waals surface area contributed by atoms with E-state index in [1.165, 1.54) is 12.4 Å². The number of pyridine rings is 1. The molecule has 0 saturated carbocycles. The van der Waals surface area contributed by atoms with Crippen LogP contribution in [0.25, 0.3) is 5.70 Å². The van der Waals surface area contributed by atoms with Gasteiger partial charge in [0.05, 0.1) is 5.70 Å². The molecule has 0 bridgehead atoms. The summed E-state index contributed by atoms with van der Waals surface area (Å²) in [7, 11) is 0. The Kier molecular flexibility index (Phi) is 4.38. The molecular weight excluding hydrogens is 294 g/mol. The van der Waals surface area contributed by atoms with Gasteiger partial charge in [-0.1, -0.05) is 0 Å². The number of nitrogens with zero attached hydrogens (tertiary/aromatic N) is 2. The van der Waals surface area contributed by atoms with Crippen LogP contribution in [0.5, 0.6) is 5.88 Å². The van der Waals surface area contributed by atoms with Crippen molar-refractivity contribution in [3.63, 3.8) is 0 Å². The number of hydrazine groups is 1. The van der Waals surface area contributed by atoms with Gasteiger partial charge in [0.25, 0.3) is 5.88 Å². The van der Waals surface area contributed by atoms with Crippen LogP contribution in [0.2, 0.25) is 0 Å². The molecule has 6 nitrogen and oxygen atoms in total. The number of hydrogen-bond donors (Lipinski definition) is 3. The SMILES string of the molecule is NNC1C=NC(c2cnc(OCC(F)(F)F)c(F)c2)=CN1. The summed E-state index contributed by atoms with van der Waals surface area (Å²) in [5.74, 6) is 3.46. The van der Waals surface area contributed by atoms with Gasteiger partial charge in [-0.2, -0.15) is 13.2 Å². The Morgan fingerprint density at radius 2 is 2.19 bits per heavy atom. The smallest absolute Gasteiger partial charge is 0.422 e. The lowest BCUT2D eigenvalue weighted by Crippen LogP contribution is -2.46. The van der Waals surface area contributed by atoms with Gasteiger partial charge in [0.2, 0.25) is 0 Å². The maximum Gasteiger partial charge on any atom is 0.422 e. The van der Waals surface area contributed by atoms with Gasteiger partial charge in [0, 0.05) is 24.2 Å². The van der Waals surface area contributed by atoms with Gasteiger partial charge in [-0.15, -0.1) is 0 Å². The second kappa shape index (κ2) is 6.06. The zero-order valence-corrected chi connectivity index (χ0v) is 10.5. The lowest BCUT2D eigenvalue weighted by molar-refractivity contribution is -0.154. The van der Waals surface area contributed by atoms with Gasteiger partial charge in [-0.05, 0) is 6.07 Å². The number of halogens is 4. The van der Waals surface area contributed by atoms with Crippen molar-refractivity contribution in [1.29, 1.82) is 0 Å². The number of aromatic nitrogens is 1. The first-order chi connectivity index (χ1) is 9.89. The van der Waals surface area contributed by atoms with Crippen LogP contribution < -0.4 is 21.3 Å². The summed E-state index contributed by atoms with van der Waals surface area (Å²) in [5.41, 5.74) is 3.05. The van der Waals surface area contributed by atoms with E-state index in [4.69, 9.17) is 5.84 Å². The topological polar surface area (TPSA) is 84.6 Å². The average molecular weight is 305 g/mol. The number of nitrogens with one attached hydrogen (secondary N) is 2. The molecule has 0 saturated heterocycles. The molecule has 10 heteroatoms. The van der Waals surface area contributed by atoms with E-state index in [2.05, 4.69) is 25.5 Å². The van der Waals surface area contributed by atoms with Crippen LogP contribution in [0.15, 0.2) is 23.5 Å². The average Bonchev–Trinajstić information content (AvgIpc) is 2.45. The third-order valence-electron chi connectivity index (χ3n) is 2.42. The molecular formula is C11H11F4N5O. The van der Waals surface area contributed by atoms with Crippen LogP contribution in [-0.4, -0.2) is 30.1 Å². The fraction of sp³-hybridized carbons (Fsp3) is 0.273. The molecule has 0 amide bonds. The van der Waals surface area contributed by atoms with Gasteiger partial charge in [-0.3, -0.25) is 10.8 Å². The normalized spacial score (nSPS) is 18.1. The maximum atomic E-state index is 13.6. The minimum absolute atomic E-state index is 0.283. The molecule has 1 aromatic rings. The molecule has 0 aliphatic carbocycles. The molecule has 2 rings (SSSR count). The van der Waals surface area contributed by atoms with E-state index in [1.54, 1.807) is 0 Å². The van der Waals surface area contributed by atoms with Gasteiger partial charge >= 0.3 is 6.18 Å². The molecule has 1 aliphatic heterocycles. The standard InChI is InChI=1S/C11H11F4N5O/c12-7-1-6(8-3-18-9(20-16)4-17-8)2-19-10(7)21-5-11(13,14)15/h1-4,9,18,20H,5,16H2. The highest BCUT2D eigenvalue weighted by Crippen LogP contribution is 2.23. The summed E-state index contributed by atoms with van der Waals surface area (Å²) in [5, 5.41) is 2.82. The van der Waals surface area contributed by atoms with Crippen molar-refractivity contribution in [3.05, 3.63) is 29.8 Å². The van der Waals surface area contributed by atoms with Gasteiger partial charge < -0.3 is 10.1 Å². The first-order valence-electron chi connectivity index (χ1n) is 5.71. The van der Waals surface area contributed by atoms with Crippen molar-refractivity contribution in [2.24, 2.45) is 10.8 Å². The molecule has 1 atom stereocenters. The van der Waals surface area contributed by atoms with E-state index in [1.807, 2.05) is 0 Å². The van der Waals surface area contributed by atoms with Gasteiger partial charge in [0.15, 0.2) is 12.4 Å². The molecule has 114 valence electrons. The molecule has 0 spiro atoms. The van der Waals surface area contributed by atoms with E-state index < -0.39 is 24.5 Å². The predicted octanol–water partition coefficient (Wildman–Crippen LogP) is 0.924. The van der Waals surface area contributed by atoms with Crippen LogP contribution >= 0.6 is 0 Å². The van der Waals surface area contributed by atoms with Crippen LogP contribution in [0, 0.1) is 5.82 Å².